The Bertz CT molecular complexity index is 607. The summed E-state index contributed by atoms with van der Waals surface area (Å²) >= 11 is 0. The molecule has 19 heavy (non-hydrogen) atoms. The number of benzene rings is 1. The normalized spacial score (nSPS) is 12.5. The van der Waals surface area contributed by atoms with Gasteiger partial charge in [0.05, 0.1) is 9.79 Å². The average Bonchev–Trinajstić information content (AvgIpc) is 2.34. The van der Waals surface area contributed by atoms with Crippen molar-refractivity contribution >= 4 is 19.9 Å². The third-order valence-corrected chi connectivity index (χ3v) is 5.01. The van der Waals surface area contributed by atoms with E-state index in [9.17, 15) is 16.8 Å². The lowest BCUT2D eigenvalue weighted by Crippen LogP contribution is -2.31. The van der Waals surface area contributed by atoms with Crippen LogP contribution in [0.15, 0.2) is 34.1 Å². The molecule has 0 aliphatic carbocycles. The van der Waals surface area contributed by atoms with Gasteiger partial charge in [-0.3, -0.25) is 0 Å². The van der Waals surface area contributed by atoms with Gasteiger partial charge in [-0.15, -0.1) is 0 Å². The zero-order valence-corrected chi connectivity index (χ0v) is 12.5. The molecule has 6 nitrogen and oxygen atoms in total. The average molecular weight is 306 g/mol. The van der Waals surface area contributed by atoms with Gasteiger partial charge in [0.25, 0.3) is 0 Å². The Labute approximate surface area is 114 Å². The Balaban J connectivity index is 2.80. The first-order valence-corrected chi connectivity index (χ1v) is 9.15. The quantitative estimate of drug-likeness (QED) is 0.691. The monoisotopic (exact) mass is 306 g/mol. The van der Waals surface area contributed by atoms with Crippen molar-refractivity contribution in [2.75, 3.05) is 25.9 Å². The maximum atomic E-state index is 11.9. The fourth-order valence-corrected chi connectivity index (χ4v) is 3.06. The lowest BCUT2D eigenvalue weighted by molar-refractivity contribution is 0.577. The lowest BCUT2D eigenvalue weighted by Gasteiger charge is -2.07. The second kappa shape index (κ2) is 6.47. The molecule has 0 fully saturated rings. The molecule has 0 aromatic heterocycles. The maximum Gasteiger partial charge on any atom is 0.240 e. The molecule has 0 saturated heterocycles. The molecule has 0 heterocycles. The maximum absolute atomic E-state index is 11.9. The van der Waals surface area contributed by atoms with E-state index < -0.39 is 19.9 Å². The highest BCUT2D eigenvalue weighted by atomic mass is 32.2. The van der Waals surface area contributed by atoms with E-state index in [2.05, 4.69) is 10.0 Å². The molecular formula is C11H18N2O4S2. The van der Waals surface area contributed by atoms with Gasteiger partial charge in [-0.05, 0) is 30.8 Å². The highest BCUT2D eigenvalue weighted by molar-refractivity contribution is 7.90. The minimum Gasteiger partial charge on any atom is -0.316 e. The molecule has 1 aromatic carbocycles. The second-order valence-corrected chi connectivity index (χ2v) is 7.78. The molecule has 0 unspecified atom stereocenters. The number of hydrogen-bond donors (Lipinski definition) is 2. The predicted octanol–water partition coefficient (Wildman–Crippen LogP) is -0.0221. The number of rotatable bonds is 7. The van der Waals surface area contributed by atoms with Crippen LogP contribution in [0.25, 0.3) is 0 Å². The van der Waals surface area contributed by atoms with Crippen molar-refractivity contribution in [3.05, 3.63) is 24.3 Å². The molecule has 0 atom stereocenters. The summed E-state index contributed by atoms with van der Waals surface area (Å²) in [6, 6.07) is 5.14. The Hall–Kier alpha value is -0.960. The SMILES string of the molecule is CCNCCNS(=O)(=O)c1ccc(S(C)(=O)=O)cc1. The highest BCUT2D eigenvalue weighted by Crippen LogP contribution is 2.13. The van der Waals surface area contributed by atoms with E-state index in [1.165, 1.54) is 24.3 Å². The molecule has 8 heteroatoms. The first-order chi connectivity index (χ1) is 8.77. The minimum atomic E-state index is -3.59. The van der Waals surface area contributed by atoms with Crippen molar-refractivity contribution < 1.29 is 16.8 Å². The van der Waals surface area contributed by atoms with E-state index in [1.54, 1.807) is 0 Å². The number of sulfonamides is 1. The van der Waals surface area contributed by atoms with Gasteiger partial charge in [0.15, 0.2) is 9.84 Å². The van der Waals surface area contributed by atoms with Crippen molar-refractivity contribution in [3.63, 3.8) is 0 Å². The highest BCUT2D eigenvalue weighted by Gasteiger charge is 2.14. The Morgan fingerprint density at radius 2 is 1.47 bits per heavy atom. The van der Waals surface area contributed by atoms with Crippen molar-refractivity contribution in [3.8, 4) is 0 Å². The van der Waals surface area contributed by atoms with Crippen molar-refractivity contribution in [2.24, 2.45) is 0 Å². The molecule has 0 bridgehead atoms. The Morgan fingerprint density at radius 1 is 0.947 bits per heavy atom. The molecule has 0 aliphatic rings. The van der Waals surface area contributed by atoms with E-state index in [4.69, 9.17) is 0 Å². The molecular weight excluding hydrogens is 288 g/mol. The first-order valence-electron chi connectivity index (χ1n) is 5.78. The van der Waals surface area contributed by atoms with Crippen LogP contribution in [-0.2, 0) is 19.9 Å². The second-order valence-electron chi connectivity index (χ2n) is 3.99. The summed E-state index contributed by atoms with van der Waals surface area (Å²) in [7, 11) is -6.90. The number of likely N-dealkylation sites (N-methyl/N-ethyl adjacent to an activating group) is 1. The van der Waals surface area contributed by atoms with Gasteiger partial charge >= 0.3 is 0 Å². The molecule has 0 saturated carbocycles. The third-order valence-electron chi connectivity index (χ3n) is 2.41. The molecule has 2 N–H and O–H groups in total. The summed E-state index contributed by atoms with van der Waals surface area (Å²) in [5.74, 6) is 0. The molecule has 0 aliphatic heterocycles. The number of nitrogens with one attached hydrogen (secondary N) is 2. The first kappa shape index (κ1) is 16.1. The van der Waals surface area contributed by atoms with Gasteiger partial charge in [0, 0.05) is 19.3 Å². The molecule has 0 spiro atoms. The fourth-order valence-electron chi connectivity index (χ4n) is 1.40. The molecule has 0 amide bonds. The van der Waals surface area contributed by atoms with E-state index in [-0.39, 0.29) is 16.3 Å². The van der Waals surface area contributed by atoms with Gasteiger partial charge in [0.2, 0.25) is 10.0 Å². The summed E-state index contributed by atoms with van der Waals surface area (Å²) in [6.45, 7) is 3.52. The van der Waals surface area contributed by atoms with Crippen LogP contribution in [0.3, 0.4) is 0 Å². The van der Waals surface area contributed by atoms with Crippen LogP contribution in [0.1, 0.15) is 6.92 Å². The molecule has 0 radical (unpaired) electrons. The topological polar surface area (TPSA) is 92.3 Å². The molecule has 1 aromatic rings. The summed E-state index contributed by atoms with van der Waals surface area (Å²) < 4.78 is 48.7. The van der Waals surface area contributed by atoms with Crippen LogP contribution in [-0.4, -0.2) is 42.7 Å². The van der Waals surface area contributed by atoms with Crippen LogP contribution < -0.4 is 10.0 Å². The van der Waals surface area contributed by atoms with Crippen molar-refractivity contribution in [1.82, 2.24) is 10.0 Å². The van der Waals surface area contributed by atoms with Gasteiger partial charge in [-0.1, -0.05) is 6.92 Å². The van der Waals surface area contributed by atoms with E-state index >= 15 is 0 Å². The van der Waals surface area contributed by atoms with Crippen LogP contribution in [0.2, 0.25) is 0 Å². The zero-order valence-electron chi connectivity index (χ0n) is 10.9. The predicted molar refractivity (Wildman–Crippen MR) is 73.3 cm³/mol. The lowest BCUT2D eigenvalue weighted by atomic mass is 10.4. The smallest absolute Gasteiger partial charge is 0.240 e. The van der Waals surface area contributed by atoms with Crippen LogP contribution >= 0.6 is 0 Å². The van der Waals surface area contributed by atoms with E-state index in [0.29, 0.717) is 6.54 Å². The van der Waals surface area contributed by atoms with Gasteiger partial charge < -0.3 is 5.32 Å². The van der Waals surface area contributed by atoms with Gasteiger partial charge in [-0.25, -0.2) is 21.6 Å². The molecule has 1 rings (SSSR count). The summed E-state index contributed by atoms with van der Waals surface area (Å²) in [5.41, 5.74) is 0. The van der Waals surface area contributed by atoms with E-state index in [0.717, 1.165) is 12.8 Å². The van der Waals surface area contributed by atoms with Crippen LogP contribution in [0, 0.1) is 0 Å². The fraction of sp³-hybridized carbons (Fsp3) is 0.455. The van der Waals surface area contributed by atoms with Crippen molar-refractivity contribution in [1.29, 1.82) is 0 Å². The van der Waals surface area contributed by atoms with Gasteiger partial charge in [0.1, 0.15) is 0 Å². The Kier molecular flexibility index (Phi) is 5.48. The van der Waals surface area contributed by atoms with Gasteiger partial charge in [-0.2, -0.15) is 0 Å². The largest absolute Gasteiger partial charge is 0.316 e. The minimum absolute atomic E-state index is 0.0522. The number of hydrogen-bond acceptors (Lipinski definition) is 5. The summed E-state index contributed by atoms with van der Waals surface area (Å²) in [6.07, 6.45) is 1.07. The zero-order chi connectivity index (χ0) is 14.5. The van der Waals surface area contributed by atoms with Crippen LogP contribution in [0.4, 0.5) is 0 Å². The summed E-state index contributed by atoms with van der Waals surface area (Å²) in [5, 5.41) is 3.00. The van der Waals surface area contributed by atoms with Crippen molar-refractivity contribution in [2.45, 2.75) is 16.7 Å². The standard InChI is InChI=1S/C11H18N2O4S2/c1-3-12-8-9-13-19(16,17)11-6-4-10(5-7-11)18(2,14)15/h4-7,12-13H,3,8-9H2,1-2H3. The van der Waals surface area contributed by atoms with E-state index in [1.807, 2.05) is 6.92 Å². The van der Waals surface area contributed by atoms with Crippen LogP contribution in [0.5, 0.6) is 0 Å². The molecule has 108 valence electrons. The number of sulfone groups is 1. The Morgan fingerprint density at radius 3 is 1.95 bits per heavy atom. The third kappa shape index (κ3) is 4.90. The summed E-state index contributed by atoms with van der Waals surface area (Å²) in [4.78, 5) is 0.149.